The summed E-state index contributed by atoms with van der Waals surface area (Å²) in [7, 11) is 6.37. The lowest BCUT2D eigenvalue weighted by Gasteiger charge is -2.59. The van der Waals surface area contributed by atoms with Gasteiger partial charge in [0.05, 0.1) is 28.4 Å². The van der Waals surface area contributed by atoms with Gasteiger partial charge in [-0.1, -0.05) is 30.3 Å². The Balaban J connectivity index is 1.68. The SMILES string of the molecule is COc1cc(OC)cc(OC2C(=O)N3CCc4ccccc4C23c2ccc(OC)c(OC)c2)c1. The number of hydrogen-bond acceptors (Lipinski definition) is 6. The highest BCUT2D eigenvalue weighted by atomic mass is 16.5. The Morgan fingerprint density at radius 3 is 2.15 bits per heavy atom. The molecule has 1 fully saturated rings. The first kappa shape index (κ1) is 21.9. The number of nitrogens with zero attached hydrogens (tertiary/aromatic N) is 1. The Hall–Kier alpha value is -3.87. The van der Waals surface area contributed by atoms with Gasteiger partial charge in [-0.05, 0) is 35.2 Å². The van der Waals surface area contributed by atoms with Gasteiger partial charge < -0.3 is 28.6 Å². The van der Waals surface area contributed by atoms with Crippen LogP contribution in [0.4, 0.5) is 0 Å². The molecule has 0 aliphatic carbocycles. The zero-order chi connectivity index (χ0) is 23.9. The summed E-state index contributed by atoms with van der Waals surface area (Å²) in [5.41, 5.74) is 2.34. The van der Waals surface area contributed by atoms with Crippen LogP contribution in [0.2, 0.25) is 0 Å². The smallest absolute Gasteiger partial charge is 0.268 e. The molecule has 1 amide bonds. The molecule has 2 aliphatic heterocycles. The van der Waals surface area contributed by atoms with Crippen molar-refractivity contribution in [1.82, 2.24) is 4.90 Å². The fourth-order valence-corrected chi connectivity index (χ4v) is 5.14. The molecule has 2 heterocycles. The Morgan fingerprint density at radius 2 is 1.47 bits per heavy atom. The van der Waals surface area contributed by atoms with Crippen LogP contribution < -0.4 is 23.7 Å². The molecule has 176 valence electrons. The molecule has 1 saturated heterocycles. The average Bonchev–Trinajstić information content (AvgIpc) is 2.89. The lowest BCUT2D eigenvalue weighted by atomic mass is 9.66. The largest absolute Gasteiger partial charge is 0.496 e. The van der Waals surface area contributed by atoms with Crippen LogP contribution in [-0.4, -0.2) is 51.9 Å². The Bertz CT molecular complexity index is 1220. The fourth-order valence-electron chi connectivity index (χ4n) is 5.14. The molecule has 2 atom stereocenters. The number of carbonyl (C=O) groups is 1. The first-order chi connectivity index (χ1) is 16.6. The molecule has 5 rings (SSSR count). The minimum absolute atomic E-state index is 0.0638. The van der Waals surface area contributed by atoms with Gasteiger partial charge in [0.15, 0.2) is 11.5 Å². The third kappa shape index (κ3) is 3.15. The van der Waals surface area contributed by atoms with Crippen molar-refractivity contribution in [2.24, 2.45) is 0 Å². The van der Waals surface area contributed by atoms with E-state index in [0.717, 1.165) is 17.5 Å². The number of carbonyl (C=O) groups excluding carboxylic acids is 1. The minimum atomic E-state index is -0.804. The predicted octanol–water partition coefficient (Wildman–Crippen LogP) is 3.81. The number of rotatable bonds is 7. The van der Waals surface area contributed by atoms with E-state index in [4.69, 9.17) is 23.7 Å². The molecule has 0 N–H and O–H groups in total. The Morgan fingerprint density at radius 1 is 0.794 bits per heavy atom. The summed E-state index contributed by atoms with van der Waals surface area (Å²) >= 11 is 0. The highest BCUT2D eigenvalue weighted by Gasteiger charge is 2.65. The van der Waals surface area contributed by atoms with Crippen LogP contribution in [0.15, 0.2) is 60.7 Å². The van der Waals surface area contributed by atoms with Crippen LogP contribution >= 0.6 is 0 Å². The van der Waals surface area contributed by atoms with Crippen LogP contribution in [0.25, 0.3) is 0 Å². The molecule has 2 aliphatic rings. The van der Waals surface area contributed by atoms with Crippen molar-refractivity contribution < 1.29 is 28.5 Å². The summed E-state index contributed by atoms with van der Waals surface area (Å²) < 4.78 is 28.3. The summed E-state index contributed by atoms with van der Waals surface area (Å²) in [6.45, 7) is 0.603. The molecule has 0 aromatic heterocycles. The van der Waals surface area contributed by atoms with E-state index in [0.29, 0.717) is 35.3 Å². The number of benzene rings is 3. The molecule has 0 radical (unpaired) electrons. The molecule has 7 heteroatoms. The van der Waals surface area contributed by atoms with Crippen molar-refractivity contribution in [3.8, 4) is 28.7 Å². The zero-order valence-electron chi connectivity index (χ0n) is 19.7. The van der Waals surface area contributed by atoms with Crippen LogP contribution in [-0.2, 0) is 16.8 Å². The number of methoxy groups -OCH3 is 4. The van der Waals surface area contributed by atoms with E-state index in [2.05, 4.69) is 12.1 Å². The molecule has 0 saturated carbocycles. The molecular formula is C27H27NO6. The van der Waals surface area contributed by atoms with Gasteiger partial charge in [-0.3, -0.25) is 4.79 Å². The second-order valence-electron chi connectivity index (χ2n) is 8.28. The van der Waals surface area contributed by atoms with Crippen molar-refractivity contribution in [2.45, 2.75) is 18.1 Å². The van der Waals surface area contributed by atoms with Crippen LogP contribution in [0.1, 0.15) is 16.7 Å². The summed E-state index contributed by atoms with van der Waals surface area (Å²) in [4.78, 5) is 15.4. The number of hydrogen-bond donors (Lipinski definition) is 0. The lowest BCUT2D eigenvalue weighted by molar-refractivity contribution is -0.178. The van der Waals surface area contributed by atoms with E-state index >= 15 is 0 Å². The molecule has 0 spiro atoms. The van der Waals surface area contributed by atoms with E-state index in [-0.39, 0.29) is 5.91 Å². The molecule has 3 aromatic rings. The van der Waals surface area contributed by atoms with Crippen molar-refractivity contribution in [3.05, 3.63) is 77.4 Å². The Labute approximate surface area is 198 Å². The molecule has 3 aromatic carbocycles. The number of β-lactam (4-membered cyclic amide) rings is 1. The van der Waals surface area contributed by atoms with Gasteiger partial charge in [0.2, 0.25) is 6.10 Å². The van der Waals surface area contributed by atoms with Crippen molar-refractivity contribution in [2.75, 3.05) is 35.0 Å². The second kappa shape index (κ2) is 8.48. The second-order valence-corrected chi connectivity index (χ2v) is 8.28. The van der Waals surface area contributed by atoms with Crippen LogP contribution in [0, 0.1) is 0 Å². The van der Waals surface area contributed by atoms with Crippen LogP contribution in [0.3, 0.4) is 0 Å². The average molecular weight is 462 g/mol. The number of amides is 1. The van der Waals surface area contributed by atoms with Crippen molar-refractivity contribution in [3.63, 3.8) is 0 Å². The van der Waals surface area contributed by atoms with E-state index in [9.17, 15) is 4.79 Å². The van der Waals surface area contributed by atoms with E-state index in [1.807, 2.05) is 35.2 Å². The maximum absolute atomic E-state index is 13.5. The summed E-state index contributed by atoms with van der Waals surface area (Å²) in [6, 6.07) is 19.3. The predicted molar refractivity (Wildman–Crippen MR) is 126 cm³/mol. The van der Waals surface area contributed by atoms with Gasteiger partial charge in [0.25, 0.3) is 5.91 Å². The topological polar surface area (TPSA) is 66.5 Å². The van der Waals surface area contributed by atoms with Gasteiger partial charge >= 0.3 is 0 Å². The third-order valence-electron chi connectivity index (χ3n) is 6.73. The van der Waals surface area contributed by atoms with Gasteiger partial charge in [-0.2, -0.15) is 0 Å². The zero-order valence-corrected chi connectivity index (χ0v) is 19.7. The quantitative estimate of drug-likeness (QED) is 0.499. The highest BCUT2D eigenvalue weighted by molar-refractivity contribution is 5.94. The van der Waals surface area contributed by atoms with Gasteiger partial charge in [-0.25, -0.2) is 0 Å². The van der Waals surface area contributed by atoms with Gasteiger partial charge in [0, 0.05) is 24.7 Å². The molecule has 2 unspecified atom stereocenters. The molecule has 0 bridgehead atoms. The maximum atomic E-state index is 13.5. The van der Waals surface area contributed by atoms with Gasteiger partial charge in [0.1, 0.15) is 22.8 Å². The van der Waals surface area contributed by atoms with Crippen LogP contribution in [0.5, 0.6) is 28.7 Å². The summed E-state index contributed by atoms with van der Waals surface area (Å²) in [5.74, 6) is 2.82. The van der Waals surface area contributed by atoms with E-state index in [1.54, 1.807) is 46.6 Å². The summed E-state index contributed by atoms with van der Waals surface area (Å²) in [6.07, 6.45) is 0.0141. The Kier molecular flexibility index (Phi) is 5.48. The van der Waals surface area contributed by atoms with E-state index < -0.39 is 11.6 Å². The standard InChI is InChI=1S/C27H27NO6/c1-30-19-14-20(31-2)16-21(15-19)34-25-26(29)28-12-11-17-7-5-6-8-22(17)27(25,28)18-9-10-23(32-3)24(13-18)33-4/h5-10,13-16,25H,11-12H2,1-4H3. The van der Waals surface area contributed by atoms with E-state index in [1.165, 1.54) is 5.56 Å². The van der Waals surface area contributed by atoms with Crippen molar-refractivity contribution >= 4 is 5.91 Å². The number of fused-ring (bicyclic) bond motifs is 3. The molecular weight excluding hydrogens is 434 g/mol. The maximum Gasteiger partial charge on any atom is 0.268 e. The minimum Gasteiger partial charge on any atom is -0.496 e. The first-order valence-corrected chi connectivity index (χ1v) is 11.1. The lowest BCUT2D eigenvalue weighted by Crippen LogP contribution is -2.76. The normalized spacial score (nSPS) is 20.5. The molecule has 34 heavy (non-hydrogen) atoms. The monoisotopic (exact) mass is 461 g/mol. The third-order valence-corrected chi connectivity index (χ3v) is 6.73. The first-order valence-electron chi connectivity index (χ1n) is 11.1. The highest BCUT2D eigenvalue weighted by Crippen LogP contribution is 2.53. The fraction of sp³-hybridized carbons (Fsp3) is 0.296. The molecule has 7 nitrogen and oxygen atoms in total. The van der Waals surface area contributed by atoms with Crippen molar-refractivity contribution in [1.29, 1.82) is 0 Å². The number of ether oxygens (including phenoxy) is 5. The summed E-state index contributed by atoms with van der Waals surface area (Å²) in [5, 5.41) is 0. The van der Waals surface area contributed by atoms with Gasteiger partial charge in [-0.15, -0.1) is 0 Å².